The van der Waals surface area contributed by atoms with Crippen LogP contribution in [0.4, 0.5) is 11.5 Å². The van der Waals surface area contributed by atoms with Crippen molar-refractivity contribution in [2.24, 2.45) is 0 Å². The van der Waals surface area contributed by atoms with Gasteiger partial charge in [-0.3, -0.25) is 10.1 Å². The second-order valence-electron chi connectivity index (χ2n) is 5.74. The van der Waals surface area contributed by atoms with Crippen LogP contribution in [0.1, 0.15) is 25.5 Å². The van der Waals surface area contributed by atoms with E-state index in [0.717, 1.165) is 49.5 Å². The van der Waals surface area contributed by atoms with Crippen LogP contribution in [-0.4, -0.2) is 34.1 Å². The summed E-state index contributed by atoms with van der Waals surface area (Å²) in [7, 11) is 0. The average Bonchev–Trinajstić information content (AvgIpc) is 3.13. The van der Waals surface area contributed by atoms with Gasteiger partial charge in [0.25, 0.3) is 5.69 Å². The highest BCUT2D eigenvalue weighted by atomic mass is 16.6. The van der Waals surface area contributed by atoms with E-state index in [2.05, 4.69) is 15.3 Å². The molecule has 0 spiro atoms. The maximum Gasteiger partial charge on any atom is 0.269 e. The molecule has 0 saturated carbocycles. The minimum atomic E-state index is -0.415. The second kappa shape index (κ2) is 7.35. The number of rotatable bonds is 6. The Hall–Kier alpha value is -2.54. The van der Waals surface area contributed by atoms with Crippen molar-refractivity contribution in [1.29, 1.82) is 0 Å². The van der Waals surface area contributed by atoms with Gasteiger partial charge in [0.1, 0.15) is 5.82 Å². The fourth-order valence-corrected chi connectivity index (χ4v) is 2.65. The third kappa shape index (κ3) is 3.86. The molecule has 7 heteroatoms. The summed E-state index contributed by atoms with van der Waals surface area (Å²) >= 11 is 0. The van der Waals surface area contributed by atoms with Crippen LogP contribution >= 0.6 is 0 Å². The number of nitro benzene ring substituents is 1. The lowest BCUT2D eigenvalue weighted by atomic mass is 10.2. The molecule has 1 aromatic carbocycles. The lowest BCUT2D eigenvalue weighted by Gasteiger charge is -2.13. The van der Waals surface area contributed by atoms with Gasteiger partial charge in [-0.05, 0) is 31.4 Å². The molecule has 1 saturated heterocycles. The topological polar surface area (TPSA) is 90.2 Å². The van der Waals surface area contributed by atoms with Gasteiger partial charge in [0.05, 0.1) is 11.0 Å². The number of nitro groups is 1. The second-order valence-corrected chi connectivity index (χ2v) is 5.74. The van der Waals surface area contributed by atoms with Crippen molar-refractivity contribution in [3.63, 3.8) is 0 Å². The van der Waals surface area contributed by atoms with Crippen molar-refractivity contribution >= 4 is 11.5 Å². The first-order chi connectivity index (χ1) is 11.7. The summed E-state index contributed by atoms with van der Waals surface area (Å²) in [4.78, 5) is 19.4. The van der Waals surface area contributed by atoms with Gasteiger partial charge in [-0.1, -0.05) is 6.92 Å². The van der Waals surface area contributed by atoms with E-state index in [1.54, 1.807) is 12.1 Å². The lowest BCUT2D eigenvalue weighted by molar-refractivity contribution is -0.384. The van der Waals surface area contributed by atoms with Crippen molar-refractivity contribution in [2.75, 3.05) is 18.5 Å². The molecule has 1 unspecified atom stereocenters. The molecule has 1 fully saturated rings. The number of nitrogens with zero attached hydrogens (tertiary/aromatic N) is 3. The number of non-ortho nitro benzene ring substituents is 1. The third-order valence-corrected chi connectivity index (χ3v) is 4.01. The number of anilines is 1. The fourth-order valence-electron chi connectivity index (χ4n) is 2.65. The molecule has 0 bridgehead atoms. The van der Waals surface area contributed by atoms with Crippen molar-refractivity contribution in [2.45, 2.75) is 32.3 Å². The van der Waals surface area contributed by atoms with Gasteiger partial charge in [0, 0.05) is 42.6 Å². The van der Waals surface area contributed by atoms with Crippen LogP contribution in [0.5, 0.6) is 0 Å². The number of aromatic nitrogens is 2. The van der Waals surface area contributed by atoms with E-state index in [0.29, 0.717) is 5.82 Å². The molecule has 3 rings (SSSR count). The summed E-state index contributed by atoms with van der Waals surface area (Å²) in [6.07, 6.45) is 3.18. The first-order valence-corrected chi connectivity index (χ1v) is 8.14. The summed E-state index contributed by atoms with van der Waals surface area (Å²) < 4.78 is 5.61. The van der Waals surface area contributed by atoms with Gasteiger partial charge < -0.3 is 10.1 Å². The zero-order chi connectivity index (χ0) is 16.9. The van der Waals surface area contributed by atoms with Gasteiger partial charge >= 0.3 is 0 Å². The Morgan fingerprint density at radius 1 is 1.33 bits per heavy atom. The maximum atomic E-state index is 10.8. The molecule has 2 heterocycles. The highest BCUT2D eigenvalue weighted by Crippen LogP contribution is 2.22. The van der Waals surface area contributed by atoms with Crippen LogP contribution < -0.4 is 5.32 Å². The quantitative estimate of drug-likeness (QED) is 0.647. The molecule has 1 aromatic heterocycles. The van der Waals surface area contributed by atoms with Crippen LogP contribution in [0.15, 0.2) is 30.3 Å². The van der Waals surface area contributed by atoms with Gasteiger partial charge in [-0.25, -0.2) is 9.97 Å². The van der Waals surface area contributed by atoms with E-state index in [9.17, 15) is 10.1 Å². The molecule has 1 aliphatic heterocycles. The molecular formula is C17H20N4O3. The summed E-state index contributed by atoms with van der Waals surface area (Å²) in [5.74, 6) is 1.32. The average molecular weight is 328 g/mol. The van der Waals surface area contributed by atoms with Crippen LogP contribution in [0.2, 0.25) is 0 Å². The molecule has 1 aliphatic rings. The smallest absolute Gasteiger partial charge is 0.269 e. The summed E-state index contributed by atoms with van der Waals surface area (Å²) in [5, 5.41) is 14.1. The predicted octanol–water partition coefficient (Wildman–Crippen LogP) is 3.21. The molecule has 0 aliphatic carbocycles. The van der Waals surface area contributed by atoms with Crippen molar-refractivity contribution in [3.05, 3.63) is 46.1 Å². The van der Waals surface area contributed by atoms with E-state index in [-0.39, 0.29) is 11.8 Å². The van der Waals surface area contributed by atoms with Crippen LogP contribution in [0.25, 0.3) is 11.4 Å². The molecule has 0 amide bonds. The number of aryl methyl sites for hydroxylation is 1. The van der Waals surface area contributed by atoms with Crippen molar-refractivity contribution in [3.8, 4) is 11.4 Å². The van der Waals surface area contributed by atoms with Gasteiger partial charge in [0.15, 0.2) is 5.82 Å². The molecule has 1 N–H and O–H groups in total. The van der Waals surface area contributed by atoms with Crippen LogP contribution in [-0.2, 0) is 11.2 Å². The van der Waals surface area contributed by atoms with E-state index in [1.165, 1.54) is 12.1 Å². The third-order valence-electron chi connectivity index (χ3n) is 4.01. The van der Waals surface area contributed by atoms with Crippen molar-refractivity contribution < 1.29 is 9.66 Å². The Labute approximate surface area is 140 Å². The van der Waals surface area contributed by atoms with Crippen LogP contribution in [0, 0.1) is 10.1 Å². The summed E-state index contributed by atoms with van der Waals surface area (Å²) in [5.41, 5.74) is 1.74. The Morgan fingerprint density at radius 2 is 2.12 bits per heavy atom. The SMILES string of the molecule is CCc1cc(NCC2CCCO2)nc(-c2ccc([N+](=O)[O-])cc2)n1. The maximum absolute atomic E-state index is 10.8. The fraction of sp³-hybridized carbons (Fsp3) is 0.412. The van der Waals surface area contributed by atoms with E-state index < -0.39 is 4.92 Å². The van der Waals surface area contributed by atoms with Gasteiger partial charge in [-0.15, -0.1) is 0 Å². The summed E-state index contributed by atoms with van der Waals surface area (Å²) in [6.45, 7) is 3.58. The van der Waals surface area contributed by atoms with Gasteiger partial charge in [0.2, 0.25) is 0 Å². The van der Waals surface area contributed by atoms with E-state index in [1.807, 2.05) is 13.0 Å². The highest BCUT2D eigenvalue weighted by Gasteiger charge is 2.16. The minimum absolute atomic E-state index is 0.0575. The molecule has 1 atom stereocenters. The lowest BCUT2D eigenvalue weighted by Crippen LogP contribution is -2.19. The predicted molar refractivity (Wildman–Crippen MR) is 91.0 cm³/mol. The largest absolute Gasteiger partial charge is 0.376 e. The first-order valence-electron chi connectivity index (χ1n) is 8.14. The zero-order valence-electron chi connectivity index (χ0n) is 13.6. The zero-order valence-corrected chi connectivity index (χ0v) is 13.6. The molecule has 126 valence electrons. The molecule has 2 aromatic rings. The summed E-state index contributed by atoms with van der Waals surface area (Å²) in [6, 6.07) is 8.23. The van der Waals surface area contributed by atoms with E-state index in [4.69, 9.17) is 4.74 Å². The standard InChI is InChI=1S/C17H20N4O3/c1-2-13-10-16(18-11-15-4-3-9-24-15)20-17(19-13)12-5-7-14(8-6-12)21(22)23/h5-8,10,15H,2-4,9,11H2,1H3,(H,18,19,20). The van der Waals surface area contributed by atoms with Gasteiger partial charge in [-0.2, -0.15) is 0 Å². The minimum Gasteiger partial charge on any atom is -0.376 e. The normalized spacial score (nSPS) is 17.0. The Kier molecular flexibility index (Phi) is 5.00. The monoisotopic (exact) mass is 328 g/mol. The molecule has 7 nitrogen and oxygen atoms in total. The van der Waals surface area contributed by atoms with Crippen LogP contribution in [0.3, 0.4) is 0 Å². The number of hydrogen-bond acceptors (Lipinski definition) is 6. The first kappa shape index (κ1) is 16.3. The Bertz CT molecular complexity index is 712. The Morgan fingerprint density at radius 3 is 2.75 bits per heavy atom. The molecular weight excluding hydrogens is 308 g/mol. The molecule has 0 radical (unpaired) electrons. The van der Waals surface area contributed by atoms with Crippen molar-refractivity contribution in [1.82, 2.24) is 9.97 Å². The number of nitrogens with one attached hydrogen (secondary N) is 1. The highest BCUT2D eigenvalue weighted by molar-refractivity contribution is 5.59. The number of benzene rings is 1. The van der Waals surface area contributed by atoms with E-state index >= 15 is 0 Å². The number of ether oxygens (including phenoxy) is 1. The number of hydrogen-bond donors (Lipinski definition) is 1. The molecule has 24 heavy (non-hydrogen) atoms. The Balaban J connectivity index is 1.81.